The number of benzene rings is 1. The molecular formula is C23H28N4O2. The van der Waals surface area contributed by atoms with Crippen LogP contribution in [0.1, 0.15) is 34.6 Å². The number of aromatic nitrogens is 3. The summed E-state index contributed by atoms with van der Waals surface area (Å²) in [6, 6.07) is 9.76. The molecule has 0 unspecified atom stereocenters. The van der Waals surface area contributed by atoms with E-state index in [2.05, 4.69) is 16.7 Å². The fourth-order valence-corrected chi connectivity index (χ4v) is 3.43. The average molecular weight is 393 g/mol. The van der Waals surface area contributed by atoms with Crippen LogP contribution in [0, 0.1) is 20.8 Å². The Labute approximate surface area is 171 Å². The van der Waals surface area contributed by atoms with E-state index in [1.54, 1.807) is 11.0 Å². The van der Waals surface area contributed by atoms with Crippen LogP contribution in [0.25, 0.3) is 5.65 Å². The number of carbonyl (C=O) groups excluding carboxylic acids is 1. The topological polar surface area (TPSA) is 59.7 Å². The molecule has 2 aromatic heterocycles. The molecule has 1 amide bonds. The van der Waals surface area contributed by atoms with Crippen LogP contribution in [0.5, 0.6) is 5.75 Å². The molecule has 0 aliphatic carbocycles. The molecule has 3 aromatic rings. The summed E-state index contributed by atoms with van der Waals surface area (Å²) in [5, 5.41) is 4.50. The van der Waals surface area contributed by atoms with Crippen LogP contribution in [0.3, 0.4) is 0 Å². The molecule has 0 N–H and O–H groups in total. The van der Waals surface area contributed by atoms with Crippen molar-refractivity contribution in [2.45, 2.75) is 40.2 Å². The fourth-order valence-electron chi connectivity index (χ4n) is 3.43. The summed E-state index contributed by atoms with van der Waals surface area (Å²) < 4.78 is 7.36. The van der Waals surface area contributed by atoms with Gasteiger partial charge in [0.05, 0.1) is 5.69 Å². The second-order valence-corrected chi connectivity index (χ2v) is 7.31. The summed E-state index contributed by atoms with van der Waals surface area (Å²) in [6.07, 6.45) is 2.80. The highest BCUT2D eigenvalue weighted by molar-refractivity contribution is 5.76. The number of fused-ring (bicyclic) bond motifs is 1. The van der Waals surface area contributed by atoms with Gasteiger partial charge >= 0.3 is 0 Å². The van der Waals surface area contributed by atoms with Crippen LogP contribution < -0.4 is 4.74 Å². The number of aryl methyl sites for hydroxylation is 3. The van der Waals surface area contributed by atoms with E-state index < -0.39 is 0 Å². The van der Waals surface area contributed by atoms with Crippen molar-refractivity contribution >= 4 is 11.6 Å². The SMILES string of the molecule is C=CCOc1ccc(CN(C)C(=O)CCc2c(C)nc3cc(C)nn3c2C)cc1. The predicted molar refractivity (Wildman–Crippen MR) is 114 cm³/mol. The first kappa shape index (κ1) is 20.6. The molecule has 0 aliphatic rings. The molecular weight excluding hydrogens is 364 g/mol. The highest BCUT2D eigenvalue weighted by atomic mass is 16.5. The Hall–Kier alpha value is -3.15. The summed E-state index contributed by atoms with van der Waals surface area (Å²) in [5.74, 6) is 0.901. The van der Waals surface area contributed by atoms with Gasteiger partial charge in [0.25, 0.3) is 0 Å². The molecule has 0 atom stereocenters. The monoisotopic (exact) mass is 392 g/mol. The van der Waals surface area contributed by atoms with Crippen LogP contribution in [0.15, 0.2) is 43.0 Å². The standard InChI is InChI=1S/C23H28N4O2/c1-6-13-29-20-9-7-19(8-10-20)15-26(5)23(28)12-11-21-17(3)24-22-14-16(2)25-27(22)18(21)4/h6-10,14H,1,11-13,15H2,2-5H3. The van der Waals surface area contributed by atoms with Crippen molar-refractivity contribution in [3.8, 4) is 5.75 Å². The third kappa shape index (κ3) is 4.83. The lowest BCUT2D eigenvalue weighted by molar-refractivity contribution is -0.130. The van der Waals surface area contributed by atoms with Gasteiger partial charge in [0, 0.05) is 37.5 Å². The number of rotatable bonds is 8. The molecule has 6 nitrogen and oxygen atoms in total. The molecule has 29 heavy (non-hydrogen) atoms. The molecule has 0 saturated carbocycles. The number of nitrogens with zero attached hydrogens (tertiary/aromatic N) is 4. The summed E-state index contributed by atoms with van der Waals surface area (Å²) in [6.45, 7) is 10.7. The zero-order valence-electron chi connectivity index (χ0n) is 17.6. The maximum atomic E-state index is 12.7. The molecule has 152 valence electrons. The maximum Gasteiger partial charge on any atom is 0.222 e. The Morgan fingerprint density at radius 3 is 2.66 bits per heavy atom. The smallest absolute Gasteiger partial charge is 0.222 e. The van der Waals surface area contributed by atoms with E-state index in [-0.39, 0.29) is 5.91 Å². The Balaban J connectivity index is 1.61. The van der Waals surface area contributed by atoms with Crippen molar-refractivity contribution in [3.63, 3.8) is 0 Å². The van der Waals surface area contributed by atoms with Crippen molar-refractivity contribution < 1.29 is 9.53 Å². The zero-order valence-corrected chi connectivity index (χ0v) is 17.6. The van der Waals surface area contributed by atoms with Gasteiger partial charge in [-0.25, -0.2) is 9.50 Å². The van der Waals surface area contributed by atoms with E-state index in [1.807, 2.05) is 62.7 Å². The van der Waals surface area contributed by atoms with E-state index in [9.17, 15) is 4.79 Å². The van der Waals surface area contributed by atoms with Gasteiger partial charge in [-0.3, -0.25) is 4.79 Å². The Kier molecular flexibility index (Phi) is 6.32. The minimum atomic E-state index is 0.104. The van der Waals surface area contributed by atoms with Crippen molar-refractivity contribution in [3.05, 3.63) is 71.2 Å². The number of ether oxygens (including phenoxy) is 1. The van der Waals surface area contributed by atoms with E-state index in [4.69, 9.17) is 4.74 Å². The van der Waals surface area contributed by atoms with Crippen LogP contribution >= 0.6 is 0 Å². The first-order valence-electron chi connectivity index (χ1n) is 9.78. The number of hydrogen-bond donors (Lipinski definition) is 0. The lowest BCUT2D eigenvalue weighted by Gasteiger charge is -2.18. The summed E-state index contributed by atoms with van der Waals surface area (Å²) in [5.41, 5.74) is 5.95. The molecule has 1 aromatic carbocycles. The lowest BCUT2D eigenvalue weighted by Crippen LogP contribution is -2.26. The Morgan fingerprint density at radius 2 is 1.97 bits per heavy atom. The molecule has 6 heteroatoms. The molecule has 0 bridgehead atoms. The van der Waals surface area contributed by atoms with Gasteiger partial charge in [0.1, 0.15) is 12.4 Å². The van der Waals surface area contributed by atoms with Gasteiger partial charge in [-0.1, -0.05) is 24.8 Å². The third-order valence-corrected chi connectivity index (χ3v) is 5.01. The van der Waals surface area contributed by atoms with Gasteiger partial charge in [-0.15, -0.1) is 0 Å². The molecule has 3 rings (SSSR count). The van der Waals surface area contributed by atoms with Gasteiger partial charge in [-0.05, 0) is 50.5 Å². The second-order valence-electron chi connectivity index (χ2n) is 7.31. The summed E-state index contributed by atoms with van der Waals surface area (Å²) >= 11 is 0. The molecule has 0 radical (unpaired) electrons. The minimum Gasteiger partial charge on any atom is -0.490 e. The van der Waals surface area contributed by atoms with Crippen molar-refractivity contribution in [2.24, 2.45) is 0 Å². The summed E-state index contributed by atoms with van der Waals surface area (Å²) in [4.78, 5) is 19.1. The number of amides is 1. The lowest BCUT2D eigenvalue weighted by atomic mass is 10.1. The van der Waals surface area contributed by atoms with Gasteiger partial charge < -0.3 is 9.64 Å². The van der Waals surface area contributed by atoms with Crippen LogP contribution in [0.2, 0.25) is 0 Å². The number of hydrogen-bond acceptors (Lipinski definition) is 4. The molecule has 2 heterocycles. The normalized spacial score (nSPS) is 10.9. The fraction of sp³-hybridized carbons (Fsp3) is 0.348. The first-order chi connectivity index (χ1) is 13.9. The van der Waals surface area contributed by atoms with Crippen molar-refractivity contribution in [1.29, 1.82) is 0 Å². The predicted octanol–water partition coefficient (Wildman–Crippen LogP) is 3.81. The van der Waals surface area contributed by atoms with E-state index in [0.717, 1.165) is 39.6 Å². The average Bonchev–Trinajstić information content (AvgIpc) is 3.07. The maximum absolute atomic E-state index is 12.7. The molecule has 0 aliphatic heterocycles. The zero-order chi connectivity index (χ0) is 21.0. The van der Waals surface area contributed by atoms with Crippen LogP contribution in [-0.4, -0.2) is 39.1 Å². The molecule has 0 spiro atoms. The van der Waals surface area contributed by atoms with E-state index in [1.165, 1.54) is 0 Å². The number of carbonyl (C=O) groups is 1. The first-order valence-corrected chi connectivity index (χ1v) is 9.78. The summed E-state index contributed by atoms with van der Waals surface area (Å²) in [7, 11) is 1.84. The van der Waals surface area contributed by atoms with Crippen molar-refractivity contribution in [1.82, 2.24) is 19.5 Å². The van der Waals surface area contributed by atoms with Crippen LogP contribution in [-0.2, 0) is 17.8 Å². The second kappa shape index (κ2) is 8.90. The van der Waals surface area contributed by atoms with E-state index >= 15 is 0 Å². The van der Waals surface area contributed by atoms with Gasteiger partial charge in [-0.2, -0.15) is 5.10 Å². The van der Waals surface area contributed by atoms with Gasteiger partial charge in [0.15, 0.2) is 5.65 Å². The largest absolute Gasteiger partial charge is 0.490 e. The minimum absolute atomic E-state index is 0.104. The quantitative estimate of drug-likeness (QED) is 0.547. The van der Waals surface area contributed by atoms with Gasteiger partial charge in [0.2, 0.25) is 5.91 Å². The Bertz CT molecular complexity index is 1020. The third-order valence-electron chi connectivity index (χ3n) is 5.01. The molecule has 0 saturated heterocycles. The highest BCUT2D eigenvalue weighted by Crippen LogP contribution is 2.18. The van der Waals surface area contributed by atoms with E-state index in [0.29, 0.717) is 26.0 Å². The Morgan fingerprint density at radius 1 is 1.24 bits per heavy atom. The highest BCUT2D eigenvalue weighted by Gasteiger charge is 2.15. The van der Waals surface area contributed by atoms with Crippen LogP contribution in [0.4, 0.5) is 0 Å². The molecule has 0 fully saturated rings. The van der Waals surface area contributed by atoms with Crippen molar-refractivity contribution in [2.75, 3.05) is 13.7 Å².